The Labute approximate surface area is 132 Å². The monoisotopic (exact) mass is 299 g/mol. The van der Waals surface area contributed by atoms with Crippen molar-refractivity contribution in [1.82, 2.24) is 4.98 Å². The molecule has 3 rings (SSSR count). The van der Waals surface area contributed by atoms with Crippen molar-refractivity contribution < 1.29 is 9.84 Å². The molecule has 1 saturated carbocycles. The van der Waals surface area contributed by atoms with E-state index in [1.54, 1.807) is 0 Å². The van der Waals surface area contributed by atoms with Crippen LogP contribution in [0, 0.1) is 5.92 Å². The van der Waals surface area contributed by atoms with Gasteiger partial charge in [-0.2, -0.15) is 0 Å². The van der Waals surface area contributed by atoms with Crippen LogP contribution in [-0.4, -0.2) is 22.3 Å². The SMILES string of the molecule is CC(C)CCOc1cnc2c(cccc2[C@H]2C[C@](C)(O)C2)c1. The lowest BCUT2D eigenvalue weighted by atomic mass is 9.68. The smallest absolute Gasteiger partial charge is 0.138 e. The zero-order valence-corrected chi connectivity index (χ0v) is 13.7. The standard InChI is InChI=1S/C19H25NO2/c1-13(2)7-8-22-16-9-14-5-4-6-17(18(14)20-12-16)15-10-19(3,21)11-15/h4-6,9,12-13,15,21H,7-8,10-11H2,1-3H3/t15-,19-. The molecule has 0 atom stereocenters. The molecule has 1 N–H and O–H groups in total. The molecule has 0 aliphatic heterocycles. The van der Waals surface area contributed by atoms with Crippen molar-refractivity contribution in [2.24, 2.45) is 5.92 Å². The van der Waals surface area contributed by atoms with E-state index in [0.29, 0.717) is 11.8 Å². The summed E-state index contributed by atoms with van der Waals surface area (Å²) in [5.74, 6) is 1.90. The number of benzene rings is 1. The van der Waals surface area contributed by atoms with Crippen LogP contribution in [0.25, 0.3) is 10.9 Å². The lowest BCUT2D eigenvalue weighted by Crippen LogP contribution is -2.39. The predicted molar refractivity (Wildman–Crippen MR) is 89.3 cm³/mol. The molecule has 1 aromatic heterocycles. The van der Waals surface area contributed by atoms with E-state index in [9.17, 15) is 5.11 Å². The molecule has 3 heteroatoms. The molecule has 1 aromatic carbocycles. The van der Waals surface area contributed by atoms with Gasteiger partial charge < -0.3 is 9.84 Å². The van der Waals surface area contributed by atoms with Crippen molar-refractivity contribution in [2.45, 2.75) is 51.6 Å². The number of nitrogens with zero attached hydrogens (tertiary/aromatic N) is 1. The van der Waals surface area contributed by atoms with E-state index in [2.05, 4.69) is 43.1 Å². The van der Waals surface area contributed by atoms with E-state index in [4.69, 9.17) is 4.74 Å². The molecule has 0 unspecified atom stereocenters. The average Bonchev–Trinajstić information content (AvgIpc) is 2.43. The molecule has 0 saturated heterocycles. The van der Waals surface area contributed by atoms with E-state index in [1.165, 1.54) is 5.56 Å². The Hall–Kier alpha value is -1.61. The van der Waals surface area contributed by atoms with E-state index >= 15 is 0 Å². The fourth-order valence-electron chi connectivity index (χ4n) is 3.21. The van der Waals surface area contributed by atoms with Crippen LogP contribution in [0.4, 0.5) is 0 Å². The molecule has 0 radical (unpaired) electrons. The summed E-state index contributed by atoms with van der Waals surface area (Å²) in [4.78, 5) is 4.62. The summed E-state index contributed by atoms with van der Waals surface area (Å²) < 4.78 is 5.80. The first-order chi connectivity index (χ1) is 10.4. The molecule has 3 nitrogen and oxygen atoms in total. The van der Waals surface area contributed by atoms with Crippen molar-refractivity contribution in [3.8, 4) is 5.75 Å². The van der Waals surface area contributed by atoms with Crippen molar-refractivity contribution in [3.05, 3.63) is 36.0 Å². The molecule has 2 aromatic rings. The Bertz CT molecular complexity index is 656. The third-order valence-corrected chi connectivity index (χ3v) is 4.49. The minimum absolute atomic E-state index is 0.416. The van der Waals surface area contributed by atoms with E-state index in [1.807, 2.05) is 13.1 Å². The minimum Gasteiger partial charge on any atom is -0.492 e. The molecule has 1 heterocycles. The van der Waals surface area contributed by atoms with Crippen LogP contribution in [0.15, 0.2) is 30.5 Å². The highest BCUT2D eigenvalue weighted by molar-refractivity contribution is 5.83. The molecule has 1 fully saturated rings. The van der Waals surface area contributed by atoms with E-state index in [-0.39, 0.29) is 0 Å². The van der Waals surface area contributed by atoms with Crippen LogP contribution < -0.4 is 4.74 Å². The normalized spacial score (nSPS) is 24.5. The van der Waals surface area contributed by atoms with Gasteiger partial charge in [-0.25, -0.2) is 0 Å². The van der Waals surface area contributed by atoms with Gasteiger partial charge in [0.2, 0.25) is 0 Å². The molecule has 0 spiro atoms. The number of hydrogen-bond donors (Lipinski definition) is 1. The Morgan fingerprint density at radius 1 is 1.36 bits per heavy atom. The van der Waals surface area contributed by atoms with Gasteiger partial charge in [0.25, 0.3) is 0 Å². The highest BCUT2D eigenvalue weighted by Crippen LogP contribution is 2.45. The molecule has 0 bridgehead atoms. The summed E-state index contributed by atoms with van der Waals surface area (Å²) in [6.45, 7) is 7.03. The van der Waals surface area contributed by atoms with Crippen molar-refractivity contribution in [1.29, 1.82) is 0 Å². The largest absolute Gasteiger partial charge is 0.492 e. The Balaban J connectivity index is 1.79. The highest BCUT2D eigenvalue weighted by atomic mass is 16.5. The summed E-state index contributed by atoms with van der Waals surface area (Å²) in [5.41, 5.74) is 1.78. The van der Waals surface area contributed by atoms with Crippen LogP contribution >= 0.6 is 0 Å². The number of para-hydroxylation sites is 1. The molecule has 118 valence electrons. The third-order valence-electron chi connectivity index (χ3n) is 4.49. The topological polar surface area (TPSA) is 42.4 Å². The second-order valence-electron chi connectivity index (χ2n) is 7.22. The van der Waals surface area contributed by atoms with Gasteiger partial charge in [0.05, 0.1) is 23.9 Å². The van der Waals surface area contributed by atoms with Crippen LogP contribution in [0.3, 0.4) is 0 Å². The number of fused-ring (bicyclic) bond motifs is 1. The van der Waals surface area contributed by atoms with Gasteiger partial charge >= 0.3 is 0 Å². The summed E-state index contributed by atoms with van der Waals surface area (Å²) >= 11 is 0. The predicted octanol–water partition coefficient (Wildman–Crippen LogP) is 4.29. The van der Waals surface area contributed by atoms with Crippen molar-refractivity contribution in [2.75, 3.05) is 6.61 Å². The first-order valence-corrected chi connectivity index (χ1v) is 8.18. The Morgan fingerprint density at radius 3 is 2.82 bits per heavy atom. The summed E-state index contributed by atoms with van der Waals surface area (Å²) in [6, 6.07) is 8.36. The maximum atomic E-state index is 9.96. The fourth-order valence-corrected chi connectivity index (χ4v) is 3.21. The molecule has 1 aliphatic carbocycles. The Kier molecular flexibility index (Phi) is 4.09. The third kappa shape index (κ3) is 3.25. The zero-order chi connectivity index (χ0) is 15.7. The molecular weight excluding hydrogens is 274 g/mol. The van der Waals surface area contributed by atoms with Gasteiger partial charge in [-0.3, -0.25) is 4.98 Å². The second-order valence-corrected chi connectivity index (χ2v) is 7.22. The summed E-state index contributed by atoms with van der Waals surface area (Å²) in [6.07, 6.45) is 4.51. The average molecular weight is 299 g/mol. The fraction of sp³-hybridized carbons (Fsp3) is 0.526. The molecule has 22 heavy (non-hydrogen) atoms. The number of aromatic nitrogens is 1. The zero-order valence-electron chi connectivity index (χ0n) is 13.7. The van der Waals surface area contributed by atoms with Gasteiger partial charge in [0.15, 0.2) is 0 Å². The van der Waals surface area contributed by atoms with Gasteiger partial charge in [-0.1, -0.05) is 32.0 Å². The van der Waals surface area contributed by atoms with E-state index < -0.39 is 5.60 Å². The van der Waals surface area contributed by atoms with E-state index in [0.717, 1.165) is 42.5 Å². The minimum atomic E-state index is -0.507. The van der Waals surface area contributed by atoms with Crippen LogP contribution in [0.2, 0.25) is 0 Å². The van der Waals surface area contributed by atoms with Crippen molar-refractivity contribution in [3.63, 3.8) is 0 Å². The quantitative estimate of drug-likeness (QED) is 0.895. The van der Waals surface area contributed by atoms with Crippen LogP contribution in [0.1, 0.15) is 51.5 Å². The van der Waals surface area contributed by atoms with Crippen LogP contribution in [0.5, 0.6) is 5.75 Å². The lowest BCUT2D eigenvalue weighted by Gasteiger charge is -2.41. The summed E-state index contributed by atoms with van der Waals surface area (Å²) in [5, 5.41) is 11.1. The molecule has 0 amide bonds. The number of rotatable bonds is 5. The first kappa shape index (κ1) is 15.3. The molecule has 1 aliphatic rings. The maximum absolute atomic E-state index is 9.96. The number of pyridine rings is 1. The lowest BCUT2D eigenvalue weighted by molar-refractivity contribution is -0.0310. The maximum Gasteiger partial charge on any atom is 0.138 e. The van der Waals surface area contributed by atoms with Gasteiger partial charge in [0, 0.05) is 5.39 Å². The molecular formula is C19H25NO2. The van der Waals surface area contributed by atoms with Gasteiger partial charge in [-0.05, 0) is 49.7 Å². The summed E-state index contributed by atoms with van der Waals surface area (Å²) in [7, 11) is 0. The van der Waals surface area contributed by atoms with Gasteiger partial charge in [-0.15, -0.1) is 0 Å². The Morgan fingerprint density at radius 2 is 2.14 bits per heavy atom. The van der Waals surface area contributed by atoms with Crippen molar-refractivity contribution >= 4 is 10.9 Å². The second kappa shape index (κ2) is 5.88. The van der Waals surface area contributed by atoms with Crippen LogP contribution in [-0.2, 0) is 0 Å². The highest BCUT2D eigenvalue weighted by Gasteiger charge is 2.39. The number of hydrogen-bond acceptors (Lipinski definition) is 3. The van der Waals surface area contributed by atoms with Gasteiger partial charge in [0.1, 0.15) is 5.75 Å². The first-order valence-electron chi connectivity index (χ1n) is 8.18. The number of aliphatic hydroxyl groups is 1. The number of ether oxygens (including phenoxy) is 1.